The van der Waals surface area contributed by atoms with Crippen LogP contribution >= 0.6 is 12.4 Å². The number of aliphatic hydroxyl groups excluding tert-OH is 1. The maximum atomic E-state index is 12.9. The first-order chi connectivity index (χ1) is 10.6. The van der Waals surface area contributed by atoms with Crippen molar-refractivity contribution < 1.29 is 19.0 Å². The van der Waals surface area contributed by atoms with Crippen LogP contribution in [-0.2, 0) is 13.0 Å². The lowest BCUT2D eigenvalue weighted by atomic mass is 10.1. The highest BCUT2D eigenvalue weighted by Gasteiger charge is 2.09. The summed E-state index contributed by atoms with van der Waals surface area (Å²) in [5.74, 6) is 0.934. The normalized spacial score (nSPS) is 11.5. The number of rotatable bonds is 7. The van der Waals surface area contributed by atoms with Crippen molar-refractivity contribution in [1.82, 2.24) is 0 Å². The number of benzene rings is 2. The number of nitrogens with two attached hydrogens (primary N) is 1. The number of aliphatic hydroxyl groups is 1. The van der Waals surface area contributed by atoms with Crippen molar-refractivity contribution in [3.63, 3.8) is 0 Å². The molecule has 0 fully saturated rings. The van der Waals surface area contributed by atoms with Crippen molar-refractivity contribution >= 4 is 12.4 Å². The molecule has 0 bridgehead atoms. The third kappa shape index (κ3) is 5.71. The summed E-state index contributed by atoms with van der Waals surface area (Å²) in [6.07, 6.45) is 0.561. The molecular weight excluding hydrogens is 321 g/mol. The van der Waals surface area contributed by atoms with Gasteiger partial charge >= 0.3 is 0 Å². The second-order valence-corrected chi connectivity index (χ2v) is 5.05. The molecule has 0 aromatic heterocycles. The summed E-state index contributed by atoms with van der Waals surface area (Å²) >= 11 is 0. The highest BCUT2D eigenvalue weighted by molar-refractivity contribution is 5.85. The first-order valence-electron chi connectivity index (χ1n) is 7.03. The van der Waals surface area contributed by atoms with Gasteiger partial charge in [-0.3, -0.25) is 0 Å². The SMILES string of the molecule is COc1cc(CC(N)CO)ccc1OCc1ccc(F)cc1.Cl. The molecule has 0 aliphatic rings. The van der Waals surface area contributed by atoms with Crippen molar-refractivity contribution in [3.05, 3.63) is 59.4 Å². The van der Waals surface area contributed by atoms with E-state index in [-0.39, 0.29) is 30.9 Å². The standard InChI is InChI=1S/C17H20FNO3.ClH/c1-21-17-9-13(8-15(19)10-20)4-7-16(17)22-11-12-2-5-14(18)6-3-12;/h2-7,9,15,20H,8,10-11,19H2,1H3;1H. The second kappa shape index (κ2) is 9.35. The summed E-state index contributed by atoms with van der Waals surface area (Å²) in [6, 6.07) is 11.4. The lowest BCUT2D eigenvalue weighted by Gasteiger charge is -2.14. The largest absolute Gasteiger partial charge is 0.493 e. The van der Waals surface area contributed by atoms with Gasteiger partial charge in [0.25, 0.3) is 0 Å². The molecule has 2 aromatic carbocycles. The molecule has 0 saturated carbocycles. The van der Waals surface area contributed by atoms with Crippen LogP contribution in [0.2, 0.25) is 0 Å². The van der Waals surface area contributed by atoms with Gasteiger partial charge < -0.3 is 20.3 Å². The molecule has 0 amide bonds. The van der Waals surface area contributed by atoms with Crippen LogP contribution in [0.5, 0.6) is 11.5 Å². The lowest BCUT2D eigenvalue weighted by Crippen LogP contribution is -2.26. The van der Waals surface area contributed by atoms with Gasteiger partial charge in [0.1, 0.15) is 12.4 Å². The summed E-state index contributed by atoms with van der Waals surface area (Å²) in [6.45, 7) is 0.261. The monoisotopic (exact) mass is 341 g/mol. The molecule has 6 heteroatoms. The van der Waals surface area contributed by atoms with E-state index in [1.54, 1.807) is 19.2 Å². The second-order valence-electron chi connectivity index (χ2n) is 5.05. The van der Waals surface area contributed by atoms with E-state index in [0.29, 0.717) is 24.5 Å². The molecule has 1 atom stereocenters. The van der Waals surface area contributed by atoms with Gasteiger partial charge in [0.05, 0.1) is 13.7 Å². The number of ether oxygens (including phenoxy) is 2. The lowest BCUT2D eigenvalue weighted by molar-refractivity contribution is 0.265. The van der Waals surface area contributed by atoms with Crippen LogP contribution in [0, 0.1) is 5.82 Å². The first-order valence-corrected chi connectivity index (χ1v) is 7.03. The van der Waals surface area contributed by atoms with Crippen LogP contribution in [0.4, 0.5) is 4.39 Å². The molecule has 2 rings (SSSR count). The van der Waals surface area contributed by atoms with Gasteiger partial charge in [-0.2, -0.15) is 0 Å². The van der Waals surface area contributed by atoms with Crippen molar-refractivity contribution in [2.75, 3.05) is 13.7 Å². The number of halogens is 2. The Morgan fingerprint density at radius 3 is 2.35 bits per heavy atom. The van der Waals surface area contributed by atoms with Crippen LogP contribution < -0.4 is 15.2 Å². The van der Waals surface area contributed by atoms with E-state index >= 15 is 0 Å². The molecule has 0 aliphatic carbocycles. The minimum Gasteiger partial charge on any atom is -0.493 e. The number of hydrogen-bond donors (Lipinski definition) is 2. The predicted octanol–water partition coefficient (Wildman–Crippen LogP) is 2.70. The highest BCUT2D eigenvalue weighted by atomic mass is 35.5. The third-order valence-electron chi connectivity index (χ3n) is 3.27. The van der Waals surface area contributed by atoms with E-state index in [9.17, 15) is 4.39 Å². The predicted molar refractivity (Wildman–Crippen MR) is 89.7 cm³/mol. The zero-order valence-electron chi connectivity index (χ0n) is 12.9. The van der Waals surface area contributed by atoms with Crippen LogP contribution in [0.25, 0.3) is 0 Å². The van der Waals surface area contributed by atoms with E-state index < -0.39 is 0 Å². The quantitative estimate of drug-likeness (QED) is 0.812. The van der Waals surface area contributed by atoms with Crippen molar-refractivity contribution in [2.24, 2.45) is 5.73 Å². The molecule has 1 unspecified atom stereocenters. The molecule has 0 radical (unpaired) electrons. The Hall–Kier alpha value is -1.82. The molecule has 0 spiro atoms. The Morgan fingerprint density at radius 2 is 1.74 bits per heavy atom. The molecular formula is C17H21ClFNO3. The zero-order chi connectivity index (χ0) is 15.9. The van der Waals surface area contributed by atoms with Crippen molar-refractivity contribution in [2.45, 2.75) is 19.1 Å². The van der Waals surface area contributed by atoms with Crippen molar-refractivity contribution in [3.8, 4) is 11.5 Å². The topological polar surface area (TPSA) is 64.7 Å². The molecule has 3 N–H and O–H groups in total. The van der Waals surface area contributed by atoms with Gasteiger partial charge in [-0.25, -0.2) is 4.39 Å². The number of hydrogen-bond acceptors (Lipinski definition) is 4. The summed E-state index contributed by atoms with van der Waals surface area (Å²) in [5, 5.41) is 9.00. The summed E-state index contributed by atoms with van der Waals surface area (Å²) in [4.78, 5) is 0. The average Bonchev–Trinajstić information content (AvgIpc) is 2.54. The van der Waals surface area contributed by atoms with E-state index in [0.717, 1.165) is 11.1 Å². The molecule has 0 heterocycles. The van der Waals surface area contributed by atoms with Gasteiger partial charge in [0, 0.05) is 6.04 Å². The molecule has 0 aliphatic heterocycles. The minimum atomic E-state index is -0.296. The van der Waals surface area contributed by atoms with E-state index in [1.165, 1.54) is 12.1 Å². The van der Waals surface area contributed by atoms with E-state index in [4.69, 9.17) is 20.3 Å². The van der Waals surface area contributed by atoms with Crippen LogP contribution in [-0.4, -0.2) is 24.9 Å². The Balaban J connectivity index is 0.00000264. The van der Waals surface area contributed by atoms with E-state index in [1.807, 2.05) is 18.2 Å². The Labute approximate surface area is 141 Å². The number of methoxy groups -OCH3 is 1. The summed E-state index contributed by atoms with van der Waals surface area (Å²) < 4.78 is 23.9. The van der Waals surface area contributed by atoms with Gasteiger partial charge in [0.2, 0.25) is 0 Å². The Kier molecular flexibility index (Phi) is 7.81. The summed E-state index contributed by atoms with van der Waals surface area (Å²) in [5.41, 5.74) is 7.56. The first kappa shape index (κ1) is 19.2. The minimum absolute atomic E-state index is 0. The zero-order valence-corrected chi connectivity index (χ0v) is 13.7. The fraction of sp³-hybridized carbons (Fsp3) is 0.294. The van der Waals surface area contributed by atoms with Crippen molar-refractivity contribution in [1.29, 1.82) is 0 Å². The third-order valence-corrected chi connectivity index (χ3v) is 3.27. The maximum absolute atomic E-state index is 12.9. The van der Waals surface area contributed by atoms with Crippen LogP contribution in [0.1, 0.15) is 11.1 Å². The average molecular weight is 342 g/mol. The Morgan fingerprint density at radius 1 is 1.09 bits per heavy atom. The maximum Gasteiger partial charge on any atom is 0.161 e. The van der Waals surface area contributed by atoms with Gasteiger partial charge in [-0.15, -0.1) is 12.4 Å². The smallest absolute Gasteiger partial charge is 0.161 e. The highest BCUT2D eigenvalue weighted by Crippen LogP contribution is 2.29. The van der Waals surface area contributed by atoms with Crippen LogP contribution in [0.15, 0.2) is 42.5 Å². The Bertz CT molecular complexity index is 607. The fourth-order valence-corrected chi connectivity index (χ4v) is 2.07. The van der Waals surface area contributed by atoms with Gasteiger partial charge in [-0.05, 0) is 41.8 Å². The molecule has 4 nitrogen and oxygen atoms in total. The van der Waals surface area contributed by atoms with Crippen LogP contribution in [0.3, 0.4) is 0 Å². The fourth-order valence-electron chi connectivity index (χ4n) is 2.07. The molecule has 0 saturated heterocycles. The van der Waals surface area contributed by atoms with Gasteiger partial charge in [0.15, 0.2) is 11.5 Å². The summed E-state index contributed by atoms with van der Waals surface area (Å²) in [7, 11) is 1.57. The molecule has 2 aromatic rings. The molecule has 23 heavy (non-hydrogen) atoms. The van der Waals surface area contributed by atoms with E-state index in [2.05, 4.69) is 0 Å². The van der Waals surface area contributed by atoms with Gasteiger partial charge in [-0.1, -0.05) is 18.2 Å². The molecule has 126 valence electrons.